The molecule has 0 aromatic heterocycles. The van der Waals surface area contributed by atoms with E-state index >= 15 is 0 Å². The largest absolute Gasteiger partial charge is 0.349 e. The van der Waals surface area contributed by atoms with E-state index in [0.717, 1.165) is 25.7 Å². The predicted molar refractivity (Wildman–Crippen MR) is 65.2 cm³/mol. The van der Waals surface area contributed by atoms with Gasteiger partial charge < -0.3 is 5.32 Å². The molecule has 94 valence electrons. The molecule has 1 saturated carbocycles. The van der Waals surface area contributed by atoms with E-state index in [0.29, 0.717) is 0 Å². The van der Waals surface area contributed by atoms with Gasteiger partial charge in [0.25, 0.3) is 5.91 Å². The molecule has 0 bridgehead atoms. The first-order valence-electron chi connectivity index (χ1n) is 6.15. The van der Waals surface area contributed by atoms with Crippen molar-refractivity contribution in [2.24, 2.45) is 5.92 Å². The molecule has 0 atom stereocenters. The van der Waals surface area contributed by atoms with E-state index in [9.17, 15) is 9.18 Å². The van der Waals surface area contributed by atoms with Crippen molar-refractivity contribution < 1.29 is 9.18 Å². The molecule has 1 aromatic carbocycles. The van der Waals surface area contributed by atoms with Gasteiger partial charge in [0.1, 0.15) is 5.82 Å². The summed E-state index contributed by atoms with van der Waals surface area (Å²) >= 11 is 0. The quantitative estimate of drug-likeness (QED) is 0.872. The van der Waals surface area contributed by atoms with Gasteiger partial charge in [0.05, 0.1) is 11.6 Å². The Labute approximate surface area is 106 Å². The molecule has 0 saturated heterocycles. The minimum absolute atomic E-state index is 0.0571. The number of halogens is 1. The monoisotopic (exact) mass is 246 g/mol. The Morgan fingerprint density at radius 1 is 1.28 bits per heavy atom. The first-order valence-corrected chi connectivity index (χ1v) is 6.15. The number of amides is 1. The Balaban J connectivity index is 1.93. The Hall–Kier alpha value is -1.89. The van der Waals surface area contributed by atoms with Gasteiger partial charge in [-0.1, -0.05) is 12.1 Å². The van der Waals surface area contributed by atoms with Crippen LogP contribution in [0.2, 0.25) is 0 Å². The molecule has 0 radical (unpaired) electrons. The zero-order valence-corrected chi connectivity index (χ0v) is 10.0. The van der Waals surface area contributed by atoms with Gasteiger partial charge in [0.2, 0.25) is 0 Å². The van der Waals surface area contributed by atoms with E-state index in [1.807, 2.05) is 0 Å². The number of nitriles is 1. The Morgan fingerprint density at radius 3 is 2.56 bits per heavy atom. The van der Waals surface area contributed by atoms with E-state index in [1.54, 1.807) is 12.1 Å². The summed E-state index contributed by atoms with van der Waals surface area (Å²) in [6, 6.07) is 8.26. The number of hydrogen-bond donors (Lipinski definition) is 1. The number of hydrogen-bond acceptors (Lipinski definition) is 2. The van der Waals surface area contributed by atoms with Crippen LogP contribution in [0.3, 0.4) is 0 Å². The molecular weight excluding hydrogens is 231 g/mol. The van der Waals surface area contributed by atoms with E-state index in [2.05, 4.69) is 11.4 Å². The lowest BCUT2D eigenvalue weighted by molar-refractivity contribution is 0.0921. The van der Waals surface area contributed by atoms with Crippen molar-refractivity contribution in [2.75, 3.05) is 0 Å². The summed E-state index contributed by atoms with van der Waals surface area (Å²) in [4.78, 5) is 11.9. The summed E-state index contributed by atoms with van der Waals surface area (Å²) in [5.74, 6) is -0.763. The van der Waals surface area contributed by atoms with Crippen LogP contribution in [0.15, 0.2) is 24.3 Å². The molecule has 1 aliphatic carbocycles. The third-order valence-electron chi connectivity index (χ3n) is 3.36. The highest BCUT2D eigenvalue weighted by Gasteiger charge is 2.23. The minimum atomic E-state index is -0.499. The van der Waals surface area contributed by atoms with Crippen LogP contribution in [0.5, 0.6) is 0 Å². The van der Waals surface area contributed by atoms with Gasteiger partial charge >= 0.3 is 0 Å². The van der Waals surface area contributed by atoms with Crippen LogP contribution < -0.4 is 5.32 Å². The molecule has 0 unspecified atom stereocenters. The lowest BCUT2D eigenvalue weighted by atomic mass is 9.87. The van der Waals surface area contributed by atoms with Gasteiger partial charge in [0, 0.05) is 12.0 Å². The van der Waals surface area contributed by atoms with Crippen LogP contribution in [0.1, 0.15) is 36.0 Å². The maximum absolute atomic E-state index is 13.4. The normalized spacial score (nSPS) is 23.1. The highest BCUT2D eigenvalue weighted by atomic mass is 19.1. The SMILES string of the molecule is N#CC1CCC(NC(=O)c2ccccc2F)CC1. The van der Waals surface area contributed by atoms with Crippen LogP contribution in [0, 0.1) is 23.1 Å². The van der Waals surface area contributed by atoms with Gasteiger partial charge in [0.15, 0.2) is 0 Å². The van der Waals surface area contributed by atoms with Gasteiger partial charge in [-0.2, -0.15) is 5.26 Å². The third-order valence-corrected chi connectivity index (χ3v) is 3.36. The number of benzene rings is 1. The molecule has 0 heterocycles. The molecule has 3 nitrogen and oxygen atoms in total. The first kappa shape index (κ1) is 12.6. The number of nitrogens with one attached hydrogen (secondary N) is 1. The third kappa shape index (κ3) is 2.86. The highest BCUT2D eigenvalue weighted by molar-refractivity contribution is 5.94. The zero-order valence-electron chi connectivity index (χ0n) is 10.0. The molecular formula is C14H15FN2O. The highest BCUT2D eigenvalue weighted by Crippen LogP contribution is 2.23. The molecule has 1 N–H and O–H groups in total. The van der Waals surface area contributed by atoms with Crippen molar-refractivity contribution in [3.8, 4) is 6.07 Å². The summed E-state index contributed by atoms with van der Waals surface area (Å²) in [6.45, 7) is 0. The summed E-state index contributed by atoms with van der Waals surface area (Å²) in [5, 5.41) is 11.6. The second kappa shape index (κ2) is 5.63. The lowest BCUT2D eigenvalue weighted by Gasteiger charge is -2.25. The maximum atomic E-state index is 13.4. The fourth-order valence-electron chi connectivity index (χ4n) is 2.28. The van der Waals surface area contributed by atoms with E-state index < -0.39 is 5.82 Å². The van der Waals surface area contributed by atoms with E-state index in [-0.39, 0.29) is 23.4 Å². The van der Waals surface area contributed by atoms with Crippen molar-refractivity contribution >= 4 is 5.91 Å². The summed E-state index contributed by atoms with van der Waals surface area (Å²) in [7, 11) is 0. The average molecular weight is 246 g/mol. The van der Waals surface area contributed by atoms with Crippen molar-refractivity contribution in [2.45, 2.75) is 31.7 Å². The number of rotatable bonds is 2. The summed E-state index contributed by atoms with van der Waals surface area (Å²) in [5.41, 5.74) is 0.0832. The van der Waals surface area contributed by atoms with Crippen molar-refractivity contribution in [1.82, 2.24) is 5.32 Å². The Kier molecular flexibility index (Phi) is 3.93. The van der Waals surface area contributed by atoms with Crippen molar-refractivity contribution in [3.05, 3.63) is 35.6 Å². The molecule has 1 fully saturated rings. The second-order valence-electron chi connectivity index (χ2n) is 4.63. The molecule has 1 aliphatic rings. The molecule has 18 heavy (non-hydrogen) atoms. The van der Waals surface area contributed by atoms with Gasteiger partial charge in [-0.15, -0.1) is 0 Å². The van der Waals surface area contributed by atoms with E-state index in [1.165, 1.54) is 12.1 Å². The lowest BCUT2D eigenvalue weighted by Crippen LogP contribution is -2.37. The Bertz CT molecular complexity index is 473. The smallest absolute Gasteiger partial charge is 0.254 e. The Morgan fingerprint density at radius 2 is 1.94 bits per heavy atom. The van der Waals surface area contributed by atoms with Gasteiger partial charge in [-0.3, -0.25) is 4.79 Å². The van der Waals surface area contributed by atoms with Crippen LogP contribution in [0.25, 0.3) is 0 Å². The van der Waals surface area contributed by atoms with Crippen LogP contribution in [-0.4, -0.2) is 11.9 Å². The topological polar surface area (TPSA) is 52.9 Å². The van der Waals surface area contributed by atoms with Gasteiger partial charge in [-0.05, 0) is 37.8 Å². The summed E-state index contributed by atoms with van der Waals surface area (Å²) in [6.07, 6.45) is 3.19. The standard InChI is InChI=1S/C14H15FN2O/c15-13-4-2-1-3-12(13)14(18)17-11-7-5-10(9-16)6-8-11/h1-4,10-11H,5-8H2,(H,17,18). The molecule has 0 aliphatic heterocycles. The number of nitrogens with zero attached hydrogens (tertiary/aromatic N) is 1. The minimum Gasteiger partial charge on any atom is -0.349 e. The predicted octanol–water partition coefficient (Wildman–Crippen LogP) is 2.64. The molecule has 1 aromatic rings. The second-order valence-corrected chi connectivity index (χ2v) is 4.63. The van der Waals surface area contributed by atoms with Crippen LogP contribution in [-0.2, 0) is 0 Å². The van der Waals surface area contributed by atoms with Crippen LogP contribution in [0.4, 0.5) is 4.39 Å². The fraction of sp³-hybridized carbons (Fsp3) is 0.429. The number of carbonyl (C=O) groups is 1. The van der Waals surface area contributed by atoms with E-state index in [4.69, 9.17) is 5.26 Å². The zero-order chi connectivity index (χ0) is 13.0. The maximum Gasteiger partial charge on any atom is 0.254 e. The molecule has 4 heteroatoms. The van der Waals surface area contributed by atoms with Crippen molar-refractivity contribution in [1.29, 1.82) is 5.26 Å². The summed E-state index contributed by atoms with van der Waals surface area (Å²) < 4.78 is 13.4. The van der Waals surface area contributed by atoms with Crippen molar-refractivity contribution in [3.63, 3.8) is 0 Å². The first-order chi connectivity index (χ1) is 8.70. The molecule has 1 amide bonds. The molecule has 2 rings (SSSR count). The van der Waals surface area contributed by atoms with Crippen LogP contribution >= 0.6 is 0 Å². The fourth-order valence-corrected chi connectivity index (χ4v) is 2.28. The average Bonchev–Trinajstić information content (AvgIpc) is 2.40. The molecule has 0 spiro atoms. The number of carbonyl (C=O) groups excluding carboxylic acids is 1. The van der Waals surface area contributed by atoms with Gasteiger partial charge in [-0.25, -0.2) is 4.39 Å².